The second-order valence-corrected chi connectivity index (χ2v) is 8.32. The summed E-state index contributed by atoms with van der Waals surface area (Å²) in [6, 6.07) is 18.5. The van der Waals surface area contributed by atoms with Crippen molar-refractivity contribution in [3.63, 3.8) is 0 Å². The van der Waals surface area contributed by atoms with Crippen LogP contribution in [0, 0.1) is 0 Å². The molecular formula is C25H29N5O2. The van der Waals surface area contributed by atoms with Gasteiger partial charge in [-0.25, -0.2) is 4.68 Å². The molecule has 2 N–H and O–H groups in total. The molecule has 0 unspecified atom stereocenters. The number of amides is 1. The number of para-hydroxylation sites is 1. The number of fused-ring (bicyclic) bond motifs is 3. The van der Waals surface area contributed by atoms with Crippen molar-refractivity contribution in [1.82, 2.24) is 25.0 Å². The summed E-state index contributed by atoms with van der Waals surface area (Å²) < 4.78 is 1.21. The number of aromatic amines is 1. The number of hydrogen-bond donors (Lipinski definition) is 2. The Bertz CT molecular complexity index is 1260. The molecule has 1 amide bonds. The summed E-state index contributed by atoms with van der Waals surface area (Å²) >= 11 is 0. The fraction of sp³-hybridized carbons (Fsp3) is 0.320. The van der Waals surface area contributed by atoms with Crippen molar-refractivity contribution in [3.8, 4) is 0 Å². The van der Waals surface area contributed by atoms with Crippen LogP contribution in [0.1, 0.15) is 25.8 Å². The third-order valence-corrected chi connectivity index (χ3v) is 5.72. The molecule has 7 heteroatoms. The molecule has 0 bridgehead atoms. The lowest BCUT2D eigenvalue weighted by Crippen LogP contribution is -2.36. The molecule has 2 aromatic heterocycles. The predicted molar refractivity (Wildman–Crippen MR) is 127 cm³/mol. The van der Waals surface area contributed by atoms with Gasteiger partial charge in [0.1, 0.15) is 12.1 Å². The molecule has 0 fully saturated rings. The monoisotopic (exact) mass is 431 g/mol. The average Bonchev–Trinajstić information content (AvgIpc) is 3.18. The first kappa shape index (κ1) is 21.8. The summed E-state index contributed by atoms with van der Waals surface area (Å²) in [4.78, 5) is 30.7. The number of carbonyl (C=O) groups is 1. The van der Waals surface area contributed by atoms with Crippen LogP contribution in [0.2, 0.25) is 0 Å². The molecule has 0 aliphatic carbocycles. The van der Waals surface area contributed by atoms with Crippen molar-refractivity contribution in [3.05, 3.63) is 76.7 Å². The largest absolute Gasteiger partial charge is 0.354 e. The average molecular weight is 432 g/mol. The number of carbonyl (C=O) groups excluding carboxylic acids is 1. The van der Waals surface area contributed by atoms with E-state index in [-0.39, 0.29) is 18.0 Å². The molecule has 0 saturated carbocycles. The first-order chi connectivity index (χ1) is 15.5. The second kappa shape index (κ2) is 9.78. The molecule has 2 heterocycles. The van der Waals surface area contributed by atoms with Crippen LogP contribution in [0.25, 0.3) is 21.8 Å². The van der Waals surface area contributed by atoms with E-state index >= 15 is 0 Å². The predicted octanol–water partition coefficient (Wildman–Crippen LogP) is 3.29. The van der Waals surface area contributed by atoms with Crippen LogP contribution >= 0.6 is 0 Å². The lowest BCUT2D eigenvalue weighted by atomic mass is 10.2. The number of nitrogens with zero attached hydrogens (tertiary/aromatic N) is 3. The minimum atomic E-state index is -0.289. The van der Waals surface area contributed by atoms with Gasteiger partial charge < -0.3 is 10.3 Å². The van der Waals surface area contributed by atoms with E-state index in [0.717, 1.165) is 35.8 Å². The van der Waals surface area contributed by atoms with E-state index in [4.69, 9.17) is 0 Å². The number of rotatable bonds is 9. The maximum Gasteiger partial charge on any atom is 0.291 e. The van der Waals surface area contributed by atoms with Crippen molar-refractivity contribution in [2.75, 3.05) is 13.1 Å². The van der Waals surface area contributed by atoms with E-state index in [1.165, 1.54) is 10.2 Å². The van der Waals surface area contributed by atoms with Crippen molar-refractivity contribution in [2.45, 2.75) is 39.4 Å². The van der Waals surface area contributed by atoms with Gasteiger partial charge in [0.15, 0.2) is 0 Å². The van der Waals surface area contributed by atoms with E-state index in [9.17, 15) is 9.59 Å². The summed E-state index contributed by atoms with van der Waals surface area (Å²) in [5, 5.41) is 8.85. The van der Waals surface area contributed by atoms with Gasteiger partial charge >= 0.3 is 0 Å². The zero-order chi connectivity index (χ0) is 22.5. The van der Waals surface area contributed by atoms with Gasteiger partial charge in [-0.3, -0.25) is 14.5 Å². The van der Waals surface area contributed by atoms with E-state index in [0.29, 0.717) is 18.1 Å². The molecule has 0 atom stereocenters. The number of hydrogen-bond acceptors (Lipinski definition) is 4. The summed E-state index contributed by atoms with van der Waals surface area (Å²) in [5.41, 5.74) is 2.35. The third kappa shape index (κ3) is 4.89. The molecule has 0 spiro atoms. The van der Waals surface area contributed by atoms with Gasteiger partial charge in [0.25, 0.3) is 5.56 Å². The molecule has 0 saturated heterocycles. The van der Waals surface area contributed by atoms with Crippen LogP contribution in [-0.4, -0.2) is 44.7 Å². The van der Waals surface area contributed by atoms with Crippen LogP contribution < -0.4 is 10.9 Å². The molecule has 0 aliphatic rings. The zero-order valence-corrected chi connectivity index (χ0v) is 18.5. The molecule has 4 aromatic rings. The minimum absolute atomic E-state index is 0.0952. The Balaban J connectivity index is 1.32. The molecule has 32 heavy (non-hydrogen) atoms. The zero-order valence-electron chi connectivity index (χ0n) is 18.5. The second-order valence-electron chi connectivity index (χ2n) is 8.32. The Morgan fingerprint density at radius 2 is 1.84 bits per heavy atom. The third-order valence-electron chi connectivity index (χ3n) is 5.72. The molecule has 7 nitrogen and oxygen atoms in total. The van der Waals surface area contributed by atoms with Crippen LogP contribution in [0.5, 0.6) is 0 Å². The Morgan fingerprint density at radius 1 is 1.09 bits per heavy atom. The molecular weight excluding hydrogens is 402 g/mol. The highest BCUT2D eigenvalue weighted by Gasteiger charge is 2.13. The summed E-state index contributed by atoms with van der Waals surface area (Å²) in [6.45, 7) is 6.59. The van der Waals surface area contributed by atoms with Crippen LogP contribution in [0.15, 0.2) is 65.6 Å². The van der Waals surface area contributed by atoms with E-state index < -0.39 is 0 Å². The fourth-order valence-corrected chi connectivity index (χ4v) is 3.93. The van der Waals surface area contributed by atoms with E-state index in [2.05, 4.69) is 58.4 Å². The maximum absolute atomic E-state index is 12.8. The highest BCUT2D eigenvalue weighted by atomic mass is 16.2. The highest BCUT2D eigenvalue weighted by molar-refractivity contribution is 6.06. The molecule has 0 aliphatic heterocycles. The van der Waals surface area contributed by atoms with Crippen molar-refractivity contribution in [1.29, 1.82) is 0 Å². The lowest BCUT2D eigenvalue weighted by Gasteiger charge is -2.26. The lowest BCUT2D eigenvalue weighted by molar-refractivity contribution is -0.121. The number of H-pyrrole nitrogens is 1. The van der Waals surface area contributed by atoms with Gasteiger partial charge in [-0.05, 0) is 31.9 Å². The Hall–Kier alpha value is -3.45. The van der Waals surface area contributed by atoms with Gasteiger partial charge in [-0.15, -0.1) is 0 Å². The number of nitrogens with one attached hydrogen (secondary N) is 2. The minimum Gasteiger partial charge on any atom is -0.354 e. The van der Waals surface area contributed by atoms with Gasteiger partial charge in [0, 0.05) is 42.0 Å². The van der Waals surface area contributed by atoms with Crippen LogP contribution in [-0.2, 0) is 17.9 Å². The van der Waals surface area contributed by atoms with Gasteiger partial charge in [0.2, 0.25) is 5.91 Å². The first-order valence-electron chi connectivity index (χ1n) is 11.0. The summed E-state index contributed by atoms with van der Waals surface area (Å²) in [7, 11) is 0. The van der Waals surface area contributed by atoms with Crippen LogP contribution in [0.4, 0.5) is 0 Å². The van der Waals surface area contributed by atoms with Crippen molar-refractivity contribution < 1.29 is 4.79 Å². The summed E-state index contributed by atoms with van der Waals surface area (Å²) in [5.74, 6) is -0.214. The number of benzene rings is 2. The maximum atomic E-state index is 12.8. The van der Waals surface area contributed by atoms with E-state index in [1.54, 1.807) is 6.20 Å². The Kier molecular flexibility index (Phi) is 6.66. The smallest absolute Gasteiger partial charge is 0.291 e. The molecule has 0 radical (unpaired) electrons. The SMILES string of the molecule is CC(C)N(CCCNC(=O)Cn1ncc2c([nH]c3ccccc32)c1=O)Cc1ccccc1. The van der Waals surface area contributed by atoms with Crippen molar-refractivity contribution >= 4 is 27.7 Å². The van der Waals surface area contributed by atoms with Crippen LogP contribution in [0.3, 0.4) is 0 Å². The Morgan fingerprint density at radius 3 is 2.62 bits per heavy atom. The normalized spacial score (nSPS) is 11.6. The quantitative estimate of drug-likeness (QED) is 0.399. The Labute approximate surface area is 187 Å². The van der Waals surface area contributed by atoms with Crippen molar-refractivity contribution in [2.24, 2.45) is 0 Å². The van der Waals surface area contributed by atoms with Gasteiger partial charge in [-0.2, -0.15) is 5.10 Å². The molecule has 166 valence electrons. The first-order valence-corrected chi connectivity index (χ1v) is 11.0. The topological polar surface area (TPSA) is 83.0 Å². The van der Waals surface area contributed by atoms with Gasteiger partial charge in [0.05, 0.1) is 6.20 Å². The van der Waals surface area contributed by atoms with Gasteiger partial charge in [-0.1, -0.05) is 48.5 Å². The summed E-state index contributed by atoms with van der Waals surface area (Å²) in [6.07, 6.45) is 2.48. The fourth-order valence-electron chi connectivity index (χ4n) is 3.93. The highest BCUT2D eigenvalue weighted by Crippen LogP contribution is 2.21. The standard InChI is InChI=1S/C25H29N5O2/c1-18(2)29(16-19-9-4-3-5-10-19)14-8-13-26-23(31)17-30-25(32)24-21(15-27-30)20-11-6-7-12-22(20)28-24/h3-7,9-12,15,18,28H,8,13-14,16-17H2,1-2H3,(H,26,31). The van der Waals surface area contributed by atoms with E-state index in [1.807, 2.05) is 30.3 Å². The number of aromatic nitrogens is 3. The molecule has 2 aromatic carbocycles. The molecule has 4 rings (SSSR count).